The van der Waals surface area contributed by atoms with Gasteiger partial charge in [0.25, 0.3) is 0 Å². The van der Waals surface area contributed by atoms with E-state index in [1.807, 2.05) is 11.8 Å². The molecule has 0 radical (unpaired) electrons. The Labute approximate surface area is 88.3 Å². The van der Waals surface area contributed by atoms with E-state index in [9.17, 15) is 4.79 Å². The predicted octanol–water partition coefficient (Wildman–Crippen LogP) is -0.902. The van der Waals surface area contributed by atoms with E-state index < -0.39 is 0 Å². The van der Waals surface area contributed by atoms with Crippen LogP contribution in [0.15, 0.2) is 12.7 Å². The van der Waals surface area contributed by atoms with E-state index in [0.717, 1.165) is 19.6 Å². The van der Waals surface area contributed by atoms with Crippen LogP contribution in [-0.2, 0) is 11.3 Å². The van der Waals surface area contributed by atoms with Gasteiger partial charge >= 0.3 is 0 Å². The molecule has 1 aliphatic rings. The van der Waals surface area contributed by atoms with Crippen molar-refractivity contribution in [2.75, 3.05) is 19.6 Å². The Morgan fingerprint density at radius 1 is 1.67 bits per heavy atom. The summed E-state index contributed by atoms with van der Waals surface area (Å²) >= 11 is 0. The monoisotopic (exact) mass is 209 g/mol. The molecule has 1 fully saturated rings. The zero-order valence-corrected chi connectivity index (χ0v) is 8.76. The SMILES string of the molecule is CC1CNCCN1C(=O)Cn1cncn1. The molecule has 1 aliphatic heterocycles. The standard InChI is InChI=1S/C9H15N5O/c1-8-4-10-2-3-14(8)9(15)5-13-7-11-6-12-13/h6-8,10H,2-5H2,1H3. The molecular weight excluding hydrogens is 194 g/mol. The van der Waals surface area contributed by atoms with Crippen molar-refractivity contribution in [3.8, 4) is 0 Å². The highest BCUT2D eigenvalue weighted by Crippen LogP contribution is 2.03. The summed E-state index contributed by atoms with van der Waals surface area (Å²) in [6, 6.07) is 0.259. The third-order valence-electron chi connectivity index (χ3n) is 2.59. The Kier molecular flexibility index (Phi) is 2.96. The van der Waals surface area contributed by atoms with E-state index in [0.29, 0.717) is 0 Å². The summed E-state index contributed by atoms with van der Waals surface area (Å²) in [5.41, 5.74) is 0. The van der Waals surface area contributed by atoms with Crippen molar-refractivity contribution in [1.82, 2.24) is 25.0 Å². The highest BCUT2D eigenvalue weighted by molar-refractivity contribution is 5.76. The second kappa shape index (κ2) is 4.39. The highest BCUT2D eigenvalue weighted by atomic mass is 16.2. The Morgan fingerprint density at radius 2 is 2.53 bits per heavy atom. The van der Waals surface area contributed by atoms with Gasteiger partial charge in [-0.3, -0.25) is 4.79 Å². The van der Waals surface area contributed by atoms with Crippen LogP contribution in [0, 0.1) is 0 Å². The minimum absolute atomic E-state index is 0.106. The fraction of sp³-hybridized carbons (Fsp3) is 0.667. The summed E-state index contributed by atoms with van der Waals surface area (Å²) < 4.78 is 1.55. The maximum Gasteiger partial charge on any atom is 0.244 e. The lowest BCUT2D eigenvalue weighted by molar-refractivity contribution is -0.134. The van der Waals surface area contributed by atoms with Gasteiger partial charge < -0.3 is 10.2 Å². The molecule has 1 unspecified atom stereocenters. The quantitative estimate of drug-likeness (QED) is 0.685. The number of hydrogen-bond donors (Lipinski definition) is 1. The van der Waals surface area contributed by atoms with E-state index in [1.165, 1.54) is 6.33 Å². The number of hydrogen-bond acceptors (Lipinski definition) is 4. The average molecular weight is 209 g/mol. The van der Waals surface area contributed by atoms with E-state index in [4.69, 9.17) is 0 Å². The Morgan fingerprint density at radius 3 is 3.20 bits per heavy atom. The molecule has 1 aromatic heterocycles. The molecule has 82 valence electrons. The van der Waals surface area contributed by atoms with Crippen molar-refractivity contribution in [3.05, 3.63) is 12.7 Å². The third kappa shape index (κ3) is 2.33. The molecule has 2 rings (SSSR count). The lowest BCUT2D eigenvalue weighted by Crippen LogP contribution is -2.53. The van der Waals surface area contributed by atoms with E-state index in [1.54, 1.807) is 11.0 Å². The van der Waals surface area contributed by atoms with Gasteiger partial charge in [-0.05, 0) is 6.92 Å². The molecule has 0 saturated carbocycles. The zero-order valence-electron chi connectivity index (χ0n) is 8.76. The molecule has 6 nitrogen and oxygen atoms in total. The van der Waals surface area contributed by atoms with Crippen molar-refractivity contribution >= 4 is 5.91 Å². The van der Waals surface area contributed by atoms with Crippen LogP contribution in [-0.4, -0.2) is 51.2 Å². The van der Waals surface area contributed by atoms with Gasteiger partial charge in [0.05, 0.1) is 0 Å². The van der Waals surface area contributed by atoms with Crippen LogP contribution >= 0.6 is 0 Å². The van der Waals surface area contributed by atoms with Gasteiger partial charge in [0.2, 0.25) is 5.91 Å². The first-order valence-electron chi connectivity index (χ1n) is 5.10. The fourth-order valence-electron chi connectivity index (χ4n) is 1.76. The van der Waals surface area contributed by atoms with Gasteiger partial charge in [-0.15, -0.1) is 0 Å². The van der Waals surface area contributed by atoms with Crippen molar-refractivity contribution in [2.45, 2.75) is 19.5 Å². The second-order valence-electron chi connectivity index (χ2n) is 3.73. The van der Waals surface area contributed by atoms with E-state index in [-0.39, 0.29) is 18.5 Å². The van der Waals surface area contributed by atoms with Gasteiger partial charge in [-0.2, -0.15) is 5.10 Å². The Balaban J connectivity index is 1.95. The van der Waals surface area contributed by atoms with Crippen molar-refractivity contribution < 1.29 is 4.79 Å². The number of carbonyl (C=O) groups excluding carboxylic acids is 1. The highest BCUT2D eigenvalue weighted by Gasteiger charge is 2.22. The number of carbonyl (C=O) groups is 1. The predicted molar refractivity (Wildman–Crippen MR) is 54.1 cm³/mol. The van der Waals surface area contributed by atoms with Gasteiger partial charge in [0.15, 0.2) is 0 Å². The van der Waals surface area contributed by atoms with Crippen LogP contribution in [0.4, 0.5) is 0 Å². The maximum absolute atomic E-state index is 11.9. The van der Waals surface area contributed by atoms with Gasteiger partial charge in [-0.25, -0.2) is 9.67 Å². The largest absolute Gasteiger partial charge is 0.336 e. The molecule has 1 N–H and O–H groups in total. The van der Waals surface area contributed by atoms with E-state index in [2.05, 4.69) is 15.4 Å². The topological polar surface area (TPSA) is 63.1 Å². The molecular formula is C9H15N5O. The number of amides is 1. The number of aromatic nitrogens is 3. The molecule has 1 amide bonds. The van der Waals surface area contributed by atoms with Crippen molar-refractivity contribution in [3.63, 3.8) is 0 Å². The Hall–Kier alpha value is -1.43. The van der Waals surface area contributed by atoms with Crippen LogP contribution < -0.4 is 5.32 Å². The molecule has 6 heteroatoms. The van der Waals surface area contributed by atoms with Crippen LogP contribution in [0.3, 0.4) is 0 Å². The summed E-state index contributed by atoms with van der Waals surface area (Å²) in [7, 11) is 0. The summed E-state index contributed by atoms with van der Waals surface area (Å²) in [5.74, 6) is 0.106. The van der Waals surface area contributed by atoms with Gasteiger partial charge in [0, 0.05) is 25.7 Å². The average Bonchev–Trinajstić information content (AvgIpc) is 2.71. The summed E-state index contributed by atoms with van der Waals surface area (Å²) in [5, 5.41) is 7.17. The molecule has 0 aliphatic carbocycles. The first kappa shape index (κ1) is 10.1. The number of piperazine rings is 1. The molecule has 0 aromatic carbocycles. The summed E-state index contributed by atoms with van der Waals surface area (Å²) in [6.45, 7) is 4.83. The van der Waals surface area contributed by atoms with Crippen molar-refractivity contribution in [1.29, 1.82) is 0 Å². The Bertz CT molecular complexity index is 323. The fourth-order valence-corrected chi connectivity index (χ4v) is 1.76. The first-order valence-corrected chi connectivity index (χ1v) is 5.10. The summed E-state index contributed by atoms with van der Waals surface area (Å²) in [6.07, 6.45) is 3.00. The normalized spacial score (nSPS) is 21.7. The minimum atomic E-state index is 0.106. The van der Waals surface area contributed by atoms with Crippen molar-refractivity contribution in [2.24, 2.45) is 0 Å². The van der Waals surface area contributed by atoms with Crippen LogP contribution in [0.1, 0.15) is 6.92 Å². The second-order valence-corrected chi connectivity index (χ2v) is 3.73. The zero-order chi connectivity index (χ0) is 10.7. The minimum Gasteiger partial charge on any atom is -0.336 e. The number of nitrogens with zero attached hydrogens (tertiary/aromatic N) is 4. The van der Waals surface area contributed by atoms with Gasteiger partial charge in [-0.1, -0.05) is 0 Å². The third-order valence-corrected chi connectivity index (χ3v) is 2.59. The molecule has 1 saturated heterocycles. The van der Waals surface area contributed by atoms with E-state index >= 15 is 0 Å². The summed E-state index contributed by atoms with van der Waals surface area (Å²) in [4.78, 5) is 17.6. The van der Waals surface area contributed by atoms with Crippen LogP contribution in [0.25, 0.3) is 0 Å². The lowest BCUT2D eigenvalue weighted by Gasteiger charge is -2.33. The molecule has 2 heterocycles. The smallest absolute Gasteiger partial charge is 0.244 e. The van der Waals surface area contributed by atoms with Crippen LogP contribution in [0.5, 0.6) is 0 Å². The molecule has 0 bridgehead atoms. The van der Waals surface area contributed by atoms with Crippen LogP contribution in [0.2, 0.25) is 0 Å². The van der Waals surface area contributed by atoms with Gasteiger partial charge in [0.1, 0.15) is 19.2 Å². The number of nitrogens with one attached hydrogen (secondary N) is 1. The molecule has 15 heavy (non-hydrogen) atoms. The first-order chi connectivity index (χ1) is 7.27. The molecule has 0 spiro atoms. The maximum atomic E-state index is 11.9. The lowest BCUT2D eigenvalue weighted by atomic mass is 10.2. The molecule has 1 atom stereocenters. The molecule has 1 aromatic rings. The number of rotatable bonds is 2.